The Morgan fingerprint density at radius 1 is 1.45 bits per heavy atom. The number of rotatable bonds is 9. The molecule has 0 fully saturated rings. The molecular weight excluding hydrogens is 260 g/mol. The van der Waals surface area contributed by atoms with Crippen LogP contribution in [0.3, 0.4) is 0 Å². The molecule has 0 spiro atoms. The van der Waals surface area contributed by atoms with Crippen molar-refractivity contribution in [3.63, 3.8) is 0 Å². The monoisotopic (exact) mass is 282 g/mol. The minimum absolute atomic E-state index is 0.0159. The summed E-state index contributed by atoms with van der Waals surface area (Å²) in [5.41, 5.74) is 0.696. The highest BCUT2D eigenvalue weighted by molar-refractivity contribution is 5.56. The Labute approximate surface area is 118 Å². The van der Waals surface area contributed by atoms with Crippen molar-refractivity contribution in [1.82, 2.24) is 0 Å². The largest absolute Gasteiger partial charge is 0.494 e. The van der Waals surface area contributed by atoms with Crippen LogP contribution in [0.4, 0.5) is 11.4 Å². The van der Waals surface area contributed by atoms with Gasteiger partial charge in [0.1, 0.15) is 5.75 Å². The van der Waals surface area contributed by atoms with Crippen molar-refractivity contribution < 1.29 is 14.8 Å². The third-order valence-corrected chi connectivity index (χ3v) is 2.93. The fourth-order valence-corrected chi connectivity index (χ4v) is 1.82. The Kier molecular flexibility index (Phi) is 6.79. The minimum atomic E-state index is -0.429. The number of non-ortho nitro benzene ring substituents is 1. The van der Waals surface area contributed by atoms with Crippen molar-refractivity contribution in [2.75, 3.05) is 25.1 Å². The van der Waals surface area contributed by atoms with E-state index in [4.69, 9.17) is 9.84 Å². The first kappa shape index (κ1) is 16.2. The van der Waals surface area contributed by atoms with E-state index in [-0.39, 0.29) is 18.2 Å². The van der Waals surface area contributed by atoms with Crippen LogP contribution in [0.2, 0.25) is 0 Å². The van der Waals surface area contributed by atoms with Gasteiger partial charge in [0.2, 0.25) is 0 Å². The Morgan fingerprint density at radius 2 is 2.20 bits per heavy atom. The molecule has 0 heterocycles. The second-order valence-electron chi connectivity index (χ2n) is 4.76. The number of aliphatic hydroxyl groups excluding tert-OH is 1. The van der Waals surface area contributed by atoms with E-state index in [1.807, 2.05) is 13.8 Å². The normalized spacial score (nSPS) is 11.9. The molecule has 1 atom stereocenters. The van der Waals surface area contributed by atoms with Crippen molar-refractivity contribution in [3.05, 3.63) is 28.3 Å². The maximum Gasteiger partial charge on any atom is 0.275 e. The molecule has 0 amide bonds. The van der Waals surface area contributed by atoms with Crippen LogP contribution in [-0.4, -0.2) is 29.8 Å². The molecule has 1 aromatic rings. The third-order valence-electron chi connectivity index (χ3n) is 2.93. The zero-order chi connectivity index (χ0) is 15.0. The topological polar surface area (TPSA) is 84.6 Å². The number of nitrogens with one attached hydrogen (secondary N) is 1. The fraction of sp³-hybridized carbons (Fsp3) is 0.571. The van der Waals surface area contributed by atoms with E-state index in [1.54, 1.807) is 6.07 Å². The van der Waals surface area contributed by atoms with E-state index in [0.717, 1.165) is 12.8 Å². The maximum atomic E-state index is 10.9. The Morgan fingerprint density at radius 3 is 2.80 bits per heavy atom. The van der Waals surface area contributed by atoms with E-state index in [9.17, 15) is 10.1 Å². The molecule has 1 rings (SSSR count). The molecule has 6 nitrogen and oxygen atoms in total. The molecular formula is C14H22N2O4. The lowest BCUT2D eigenvalue weighted by molar-refractivity contribution is -0.384. The van der Waals surface area contributed by atoms with Gasteiger partial charge >= 0.3 is 0 Å². The van der Waals surface area contributed by atoms with Crippen LogP contribution < -0.4 is 10.1 Å². The van der Waals surface area contributed by atoms with Crippen LogP contribution in [0.15, 0.2) is 18.2 Å². The molecule has 6 heteroatoms. The van der Waals surface area contributed by atoms with Gasteiger partial charge in [-0.1, -0.05) is 6.92 Å². The first-order chi connectivity index (χ1) is 9.56. The third kappa shape index (κ3) is 5.44. The van der Waals surface area contributed by atoms with Crippen LogP contribution in [0, 0.1) is 16.0 Å². The summed E-state index contributed by atoms with van der Waals surface area (Å²) in [4.78, 5) is 10.4. The van der Waals surface area contributed by atoms with Crippen molar-refractivity contribution in [2.24, 2.45) is 5.92 Å². The van der Waals surface area contributed by atoms with Crippen LogP contribution in [-0.2, 0) is 0 Å². The van der Waals surface area contributed by atoms with Gasteiger partial charge in [0.25, 0.3) is 5.69 Å². The first-order valence-corrected chi connectivity index (χ1v) is 6.83. The maximum absolute atomic E-state index is 10.9. The molecule has 0 aliphatic carbocycles. The standard InChI is InChI=1S/C14H22N2O4/c1-3-20-14-8-12(7-13(9-14)16(18)19)15-6-4-5-11(2)10-17/h7-9,11,15,17H,3-6,10H2,1-2H3. The first-order valence-electron chi connectivity index (χ1n) is 6.83. The molecule has 1 aromatic carbocycles. The van der Waals surface area contributed by atoms with E-state index >= 15 is 0 Å². The van der Waals surface area contributed by atoms with Gasteiger partial charge in [-0.3, -0.25) is 10.1 Å². The number of aliphatic hydroxyl groups is 1. The number of hydrogen-bond acceptors (Lipinski definition) is 5. The van der Waals surface area contributed by atoms with Crippen molar-refractivity contribution in [1.29, 1.82) is 0 Å². The van der Waals surface area contributed by atoms with Gasteiger partial charge in [0, 0.05) is 31.0 Å². The summed E-state index contributed by atoms with van der Waals surface area (Å²) >= 11 is 0. The van der Waals surface area contributed by atoms with E-state index < -0.39 is 4.92 Å². The fourth-order valence-electron chi connectivity index (χ4n) is 1.82. The number of nitro groups is 1. The van der Waals surface area contributed by atoms with Crippen LogP contribution in [0.1, 0.15) is 26.7 Å². The Balaban J connectivity index is 2.61. The van der Waals surface area contributed by atoms with Gasteiger partial charge in [0.05, 0.1) is 17.6 Å². The van der Waals surface area contributed by atoms with Crippen molar-refractivity contribution in [2.45, 2.75) is 26.7 Å². The number of anilines is 1. The number of hydrogen-bond donors (Lipinski definition) is 2. The predicted molar refractivity (Wildman–Crippen MR) is 78.2 cm³/mol. The molecule has 0 aromatic heterocycles. The highest BCUT2D eigenvalue weighted by atomic mass is 16.6. The predicted octanol–water partition coefficient (Wildman–Crippen LogP) is 2.81. The molecule has 2 N–H and O–H groups in total. The average molecular weight is 282 g/mol. The SMILES string of the molecule is CCOc1cc(NCCCC(C)CO)cc([N+](=O)[O-])c1. The molecule has 0 saturated heterocycles. The van der Waals surface area contributed by atoms with Gasteiger partial charge in [-0.25, -0.2) is 0 Å². The molecule has 0 bridgehead atoms. The number of nitro benzene ring substituents is 1. The van der Waals surface area contributed by atoms with Gasteiger partial charge < -0.3 is 15.2 Å². The van der Waals surface area contributed by atoms with Gasteiger partial charge in [-0.2, -0.15) is 0 Å². The number of nitrogens with zero attached hydrogens (tertiary/aromatic N) is 1. The van der Waals surface area contributed by atoms with E-state index in [0.29, 0.717) is 24.6 Å². The second-order valence-corrected chi connectivity index (χ2v) is 4.76. The minimum Gasteiger partial charge on any atom is -0.494 e. The number of benzene rings is 1. The average Bonchev–Trinajstić information content (AvgIpc) is 2.43. The van der Waals surface area contributed by atoms with Crippen LogP contribution >= 0.6 is 0 Å². The lowest BCUT2D eigenvalue weighted by atomic mass is 10.1. The molecule has 0 aliphatic rings. The lowest BCUT2D eigenvalue weighted by Gasteiger charge is -2.11. The molecule has 1 unspecified atom stereocenters. The van der Waals surface area contributed by atoms with E-state index in [2.05, 4.69) is 5.32 Å². The van der Waals surface area contributed by atoms with Crippen LogP contribution in [0.25, 0.3) is 0 Å². The highest BCUT2D eigenvalue weighted by Crippen LogP contribution is 2.26. The second kappa shape index (κ2) is 8.37. The van der Waals surface area contributed by atoms with Gasteiger partial charge in [-0.05, 0) is 25.7 Å². The molecule has 0 radical (unpaired) electrons. The zero-order valence-corrected chi connectivity index (χ0v) is 12.0. The number of ether oxygens (including phenoxy) is 1. The van der Waals surface area contributed by atoms with E-state index in [1.165, 1.54) is 12.1 Å². The molecule has 0 saturated carbocycles. The summed E-state index contributed by atoms with van der Waals surface area (Å²) < 4.78 is 5.32. The Hall–Kier alpha value is -1.82. The summed E-state index contributed by atoms with van der Waals surface area (Å²) in [7, 11) is 0. The summed E-state index contributed by atoms with van der Waals surface area (Å²) in [5.74, 6) is 0.772. The quantitative estimate of drug-likeness (QED) is 0.413. The molecule has 20 heavy (non-hydrogen) atoms. The zero-order valence-electron chi connectivity index (χ0n) is 12.0. The smallest absolute Gasteiger partial charge is 0.275 e. The highest BCUT2D eigenvalue weighted by Gasteiger charge is 2.10. The molecule has 112 valence electrons. The summed E-state index contributed by atoms with van der Waals surface area (Å²) in [6.07, 6.45) is 1.81. The lowest BCUT2D eigenvalue weighted by Crippen LogP contribution is -2.07. The van der Waals surface area contributed by atoms with Gasteiger partial charge in [0.15, 0.2) is 0 Å². The summed E-state index contributed by atoms with van der Waals surface area (Å²) in [6.45, 7) is 5.18. The molecule has 0 aliphatic heterocycles. The summed E-state index contributed by atoms with van der Waals surface area (Å²) in [5, 5.41) is 22.9. The van der Waals surface area contributed by atoms with Crippen molar-refractivity contribution >= 4 is 11.4 Å². The summed E-state index contributed by atoms with van der Waals surface area (Å²) in [6, 6.07) is 4.67. The van der Waals surface area contributed by atoms with Crippen LogP contribution in [0.5, 0.6) is 5.75 Å². The van der Waals surface area contributed by atoms with Crippen molar-refractivity contribution in [3.8, 4) is 5.75 Å². The Bertz CT molecular complexity index is 437. The van der Waals surface area contributed by atoms with Gasteiger partial charge in [-0.15, -0.1) is 0 Å².